The third-order valence-electron chi connectivity index (χ3n) is 0. The van der Waals surface area contributed by atoms with Crippen LogP contribution in [0.25, 0.3) is 0 Å². The second-order valence-electron chi connectivity index (χ2n) is 0.565. The van der Waals surface area contributed by atoms with Crippen LogP contribution in [0.1, 0.15) is 2.85 Å². The second kappa shape index (κ2) is 16.9. The molecule has 6 nitrogen and oxygen atoms in total. The smallest absolute Gasteiger partial charge is 1.00 e. The molecule has 0 aliphatic carbocycles. The van der Waals surface area contributed by atoms with Gasteiger partial charge in [-0.1, -0.05) is 0 Å². The Morgan fingerprint density at radius 1 is 0.900 bits per heavy atom. The Bertz CT molecular complexity index is 81.5. The van der Waals surface area contributed by atoms with E-state index in [4.69, 9.17) is 30.0 Å². The van der Waals surface area contributed by atoms with Gasteiger partial charge in [-0.3, -0.25) is 0 Å². The van der Waals surface area contributed by atoms with Crippen LogP contribution in [-0.4, -0.2) is 32.7 Å². The van der Waals surface area contributed by atoms with Crippen LogP contribution in [0, 0.1) is 0 Å². The molecule has 0 aliphatic heterocycles. The van der Waals surface area contributed by atoms with Crippen LogP contribution >= 0.6 is 0 Å². The molecule has 0 rings (SSSR count). The van der Waals surface area contributed by atoms with E-state index >= 15 is 0 Å². The van der Waals surface area contributed by atoms with Gasteiger partial charge >= 0.3 is 111 Å². The largest absolute Gasteiger partial charge is 1.00 e. The quantitative estimate of drug-likeness (QED) is 0.330. The average molecular weight is 282 g/mol. The molecule has 52 valence electrons. The Labute approximate surface area is 140 Å². The van der Waals surface area contributed by atoms with Crippen molar-refractivity contribution in [2.45, 2.75) is 0 Å². The van der Waals surface area contributed by atoms with Gasteiger partial charge in [0.15, 0.2) is 0 Å². The normalized spacial score (nSPS) is 4.80. The van der Waals surface area contributed by atoms with Gasteiger partial charge in [-0.2, -0.15) is 0 Å². The first kappa shape index (κ1) is 22.6. The molecule has 0 fully saturated rings. The molecule has 0 aromatic carbocycles. The van der Waals surface area contributed by atoms with E-state index in [9.17, 15) is 0 Å². The predicted octanol–water partition coefficient (Wildman–Crippen LogP) is -5.32. The Morgan fingerprint density at radius 3 is 0.900 bits per heavy atom. The zero-order valence-corrected chi connectivity index (χ0v) is 13.9. The van der Waals surface area contributed by atoms with Crippen molar-refractivity contribution >= 4 is 12.3 Å². The summed E-state index contributed by atoms with van der Waals surface area (Å²) in [6.45, 7) is 0. The van der Waals surface area contributed by atoms with Gasteiger partial charge in [0, 0.05) is 0 Å². The fourth-order valence-corrected chi connectivity index (χ4v) is 0. The van der Waals surface area contributed by atoms with Crippen LogP contribution in [0.3, 0.4) is 0 Å². The summed E-state index contributed by atoms with van der Waals surface area (Å²) in [6, 6.07) is 0. The Morgan fingerprint density at radius 2 is 0.900 bits per heavy atom. The van der Waals surface area contributed by atoms with E-state index in [0.29, 0.717) is 0 Å². The molecule has 0 bridgehead atoms. The fraction of sp³-hybridized carbons (Fsp3) is 0. The summed E-state index contributed by atoms with van der Waals surface area (Å²) in [7, 11) is 0. The van der Waals surface area contributed by atoms with Crippen molar-refractivity contribution in [1.82, 2.24) is 0 Å². The van der Waals surface area contributed by atoms with Crippen LogP contribution in [0.15, 0.2) is 0 Å². The van der Waals surface area contributed by atoms with Crippen molar-refractivity contribution in [3.8, 4) is 0 Å². The van der Waals surface area contributed by atoms with Crippen LogP contribution in [0.4, 0.5) is 9.59 Å². The zero-order chi connectivity index (χ0) is 7.15. The third-order valence-corrected chi connectivity index (χ3v) is 0. The average Bonchev–Trinajstić information content (AvgIpc) is 1.25. The zero-order valence-electron chi connectivity index (χ0n) is 7.61. The molecule has 0 amide bonds. The molecule has 0 radical (unpaired) electrons. The predicted molar refractivity (Wildman–Crippen MR) is 23.5 cm³/mol. The minimum absolute atomic E-state index is 0. The molecule has 0 heterocycles. The monoisotopic (exact) mass is 282 g/mol. The van der Waals surface area contributed by atoms with E-state index in [-0.39, 0.29) is 101 Å². The van der Waals surface area contributed by atoms with Gasteiger partial charge in [0.05, 0.1) is 0 Å². The van der Waals surface area contributed by atoms with Crippen LogP contribution in [-0.2, 0) is 0 Å². The first-order valence-electron chi connectivity index (χ1n) is 1.30. The van der Waals surface area contributed by atoms with Gasteiger partial charge in [-0.15, -0.1) is 0 Å². The molecule has 0 unspecified atom stereocenters. The SMILES string of the molecule is O=C(O)O.O=C(O)O.[Cs+].[H-].[H-].[Na+]. The molecular formula is C2H6CsNaO6. The van der Waals surface area contributed by atoms with Crippen LogP contribution in [0.2, 0.25) is 0 Å². The van der Waals surface area contributed by atoms with E-state index in [1.807, 2.05) is 0 Å². The van der Waals surface area contributed by atoms with Gasteiger partial charge in [-0.25, -0.2) is 9.59 Å². The van der Waals surface area contributed by atoms with E-state index in [0.717, 1.165) is 0 Å². The number of hydrogen-bond donors (Lipinski definition) is 4. The number of hydrogen-bond acceptors (Lipinski definition) is 2. The topological polar surface area (TPSA) is 115 Å². The summed E-state index contributed by atoms with van der Waals surface area (Å²) >= 11 is 0. The van der Waals surface area contributed by atoms with Crippen molar-refractivity contribution in [1.29, 1.82) is 0 Å². The van der Waals surface area contributed by atoms with Crippen molar-refractivity contribution in [2.24, 2.45) is 0 Å². The van der Waals surface area contributed by atoms with Gasteiger partial charge in [0.2, 0.25) is 0 Å². The fourth-order valence-electron chi connectivity index (χ4n) is 0. The summed E-state index contributed by atoms with van der Waals surface area (Å²) in [6.07, 6.45) is -3.67. The summed E-state index contributed by atoms with van der Waals surface area (Å²) in [5, 5.41) is 27.9. The first-order chi connectivity index (χ1) is 3.46. The second-order valence-corrected chi connectivity index (χ2v) is 0.565. The Hall–Kier alpha value is 1.59. The molecule has 0 saturated heterocycles. The van der Waals surface area contributed by atoms with E-state index in [1.165, 1.54) is 0 Å². The Balaban J connectivity index is -0.0000000112. The van der Waals surface area contributed by atoms with Crippen molar-refractivity contribution in [3.63, 3.8) is 0 Å². The molecule has 0 atom stereocenters. The third kappa shape index (κ3) is 279. The first-order valence-corrected chi connectivity index (χ1v) is 1.30. The van der Waals surface area contributed by atoms with Gasteiger partial charge in [0.25, 0.3) is 0 Å². The van der Waals surface area contributed by atoms with Crippen LogP contribution < -0.4 is 98.5 Å². The summed E-state index contributed by atoms with van der Waals surface area (Å²) < 4.78 is 0. The molecule has 10 heavy (non-hydrogen) atoms. The maximum atomic E-state index is 8.56. The van der Waals surface area contributed by atoms with Gasteiger partial charge in [-0.05, 0) is 0 Å². The maximum Gasteiger partial charge on any atom is 1.00 e. The van der Waals surface area contributed by atoms with Crippen molar-refractivity contribution in [2.75, 3.05) is 0 Å². The summed E-state index contributed by atoms with van der Waals surface area (Å²) in [4.78, 5) is 17.1. The van der Waals surface area contributed by atoms with Gasteiger partial charge < -0.3 is 23.3 Å². The maximum absolute atomic E-state index is 8.56. The van der Waals surface area contributed by atoms with E-state index < -0.39 is 12.3 Å². The summed E-state index contributed by atoms with van der Waals surface area (Å²) in [5.74, 6) is 0. The summed E-state index contributed by atoms with van der Waals surface area (Å²) in [5.41, 5.74) is 0. The van der Waals surface area contributed by atoms with E-state index in [2.05, 4.69) is 0 Å². The number of carboxylic acid groups (broad SMARTS) is 4. The van der Waals surface area contributed by atoms with Crippen molar-refractivity contribution in [3.05, 3.63) is 0 Å². The molecule has 0 saturated carbocycles. The Kier molecular flexibility index (Phi) is 38.1. The van der Waals surface area contributed by atoms with E-state index in [1.54, 1.807) is 0 Å². The number of carbonyl (C=O) groups is 2. The molecule has 8 heteroatoms. The van der Waals surface area contributed by atoms with Crippen LogP contribution in [0.5, 0.6) is 0 Å². The molecule has 4 N–H and O–H groups in total. The molecule has 0 spiro atoms. The molecule has 0 aromatic rings. The molecule has 0 aromatic heterocycles. The number of rotatable bonds is 0. The van der Waals surface area contributed by atoms with Crippen molar-refractivity contribution < 1.29 is 131 Å². The molecular weight excluding hydrogens is 276 g/mol. The standard InChI is InChI=1S/2CH2O3.Cs.Na.2H/c2*2-1(3)4;;;;/h2*(H2,2,3,4);;;;/q;;2*+1;2*-1. The molecule has 0 aliphatic rings. The minimum atomic E-state index is -1.83. The minimum Gasteiger partial charge on any atom is -1.00 e. The van der Waals surface area contributed by atoms with Gasteiger partial charge in [0.1, 0.15) is 0 Å².